The Bertz CT molecular complexity index is 869. The van der Waals surface area contributed by atoms with Crippen LogP contribution in [0.2, 0.25) is 0 Å². The van der Waals surface area contributed by atoms with Crippen molar-refractivity contribution < 1.29 is 12.4 Å². The summed E-state index contributed by atoms with van der Waals surface area (Å²) in [6, 6.07) is 4.87. The average molecular weight is 634 g/mol. The molecule has 32 heavy (non-hydrogen) atoms. The molecule has 2 rings (SSSR count). The van der Waals surface area contributed by atoms with Crippen LogP contribution in [0.3, 0.4) is 0 Å². The average Bonchev–Trinajstić information content (AvgIpc) is 2.58. The molecule has 0 nitrogen and oxygen atoms in total. The van der Waals surface area contributed by atoms with Crippen molar-refractivity contribution >= 4 is 41.5 Å². The Morgan fingerprint density at radius 1 is 0.656 bits per heavy atom. The maximum Gasteiger partial charge on any atom is -1.00 e. The number of rotatable bonds is 2. The fourth-order valence-electron chi connectivity index (χ4n) is 2.98. The summed E-state index contributed by atoms with van der Waals surface area (Å²) in [7, 11) is 0. The van der Waals surface area contributed by atoms with Crippen molar-refractivity contribution in [2.24, 2.45) is 10.8 Å². The van der Waals surface area contributed by atoms with Crippen LogP contribution in [0.1, 0.15) is 97.5 Å². The minimum absolute atomic E-state index is 0. The molecule has 0 atom stereocenters. The molecule has 0 bridgehead atoms. The van der Waals surface area contributed by atoms with E-state index in [0.29, 0.717) is 14.5 Å². The third-order valence-electron chi connectivity index (χ3n) is 5.17. The maximum atomic E-state index is 2.46. The van der Waals surface area contributed by atoms with Crippen molar-refractivity contribution in [1.82, 2.24) is 0 Å². The molecule has 178 valence electrons. The van der Waals surface area contributed by atoms with E-state index in [-0.39, 0.29) is 55.0 Å². The summed E-state index contributed by atoms with van der Waals surface area (Å²) in [5, 5.41) is 0. The van der Waals surface area contributed by atoms with Gasteiger partial charge in [0.1, 0.15) is 0 Å². The fourth-order valence-corrected chi connectivity index (χ4v) is 9.12. The first-order valence-corrected chi connectivity index (χ1v) is 15.4. The minimum atomic E-state index is -0.264. The van der Waals surface area contributed by atoms with E-state index < -0.39 is 0 Å². The van der Waals surface area contributed by atoms with Crippen molar-refractivity contribution in [2.45, 2.75) is 93.9 Å². The van der Waals surface area contributed by atoms with Crippen LogP contribution < -0.4 is 12.4 Å². The zero-order chi connectivity index (χ0) is 23.8. The first-order chi connectivity index (χ1) is 13.9. The fraction of sp³-hybridized carbons (Fsp3) is 0.552. The van der Waals surface area contributed by atoms with E-state index in [4.69, 9.17) is 0 Å². The predicted molar refractivity (Wildman–Crippen MR) is 143 cm³/mol. The molecule has 1 aromatic rings. The van der Waals surface area contributed by atoms with Crippen LogP contribution in [0.4, 0.5) is 0 Å². The van der Waals surface area contributed by atoms with Gasteiger partial charge in [0.2, 0.25) is 0 Å². The van der Waals surface area contributed by atoms with Crippen molar-refractivity contribution in [1.29, 1.82) is 0 Å². The van der Waals surface area contributed by atoms with Gasteiger partial charge >= 0.3 is 210 Å². The van der Waals surface area contributed by atoms with E-state index >= 15 is 0 Å². The van der Waals surface area contributed by atoms with Crippen LogP contribution in [0, 0.1) is 10.8 Å². The van der Waals surface area contributed by atoms with Gasteiger partial charge in [0, 0.05) is 0 Å². The molecule has 1 aromatic heterocycles. The Morgan fingerprint density at radius 2 is 1.06 bits per heavy atom. The quantitative estimate of drug-likeness (QED) is 0.396. The second-order valence-corrected chi connectivity index (χ2v) is 18.1. The van der Waals surface area contributed by atoms with Gasteiger partial charge in [0.05, 0.1) is 0 Å². The molecule has 0 spiro atoms. The van der Waals surface area contributed by atoms with Gasteiger partial charge in [0.25, 0.3) is 0 Å². The van der Waals surface area contributed by atoms with E-state index in [2.05, 4.69) is 126 Å². The molecule has 0 amide bonds. The summed E-state index contributed by atoms with van der Waals surface area (Å²) < 4.78 is 6.49. The third-order valence-corrected chi connectivity index (χ3v) is 14.6. The number of hydrogen-bond donors (Lipinski definition) is 0. The summed E-state index contributed by atoms with van der Waals surface area (Å²) in [6.07, 6.45) is 11.8. The number of allylic oxidation sites excluding steroid dienone is 7. The van der Waals surface area contributed by atoms with E-state index in [1.165, 1.54) is 11.1 Å². The van der Waals surface area contributed by atoms with E-state index in [1.54, 1.807) is 16.1 Å². The Morgan fingerprint density at radius 3 is 1.41 bits per heavy atom. The molecule has 0 saturated heterocycles. The second kappa shape index (κ2) is 10.7. The van der Waals surface area contributed by atoms with Crippen LogP contribution >= 0.6 is 0 Å². The summed E-state index contributed by atoms with van der Waals surface area (Å²) in [5.41, 5.74) is 3.65. The van der Waals surface area contributed by atoms with Gasteiger partial charge in [0.15, 0.2) is 0 Å². The maximum absolute atomic E-state index is 2.46. The normalized spacial score (nSPS) is 15.9. The second-order valence-electron chi connectivity index (χ2n) is 12.8. The van der Waals surface area contributed by atoms with E-state index in [9.17, 15) is 0 Å². The Kier molecular flexibility index (Phi) is 9.98. The van der Waals surface area contributed by atoms with Crippen LogP contribution in [0.5, 0.6) is 0 Å². The van der Waals surface area contributed by atoms with Crippen LogP contribution in [0.15, 0.2) is 49.3 Å². The largest absolute Gasteiger partial charge is 1.00 e. The standard InChI is InChI=1S/C29H43SeTe.ClH/c1-26(2,3)22-16-20(17-23(30-22)27(4,5)6)14-13-15-21-18-24(28(7,8)9)31-25(19-21)29(10,11)12;/h13-19H,1-12H3;1H/q+1;/p-1/b14-13+;. The van der Waals surface area contributed by atoms with Gasteiger partial charge in [-0.1, -0.05) is 0 Å². The topological polar surface area (TPSA) is 0 Å². The Balaban J connectivity index is 0.00000512. The van der Waals surface area contributed by atoms with Crippen LogP contribution in [0.25, 0.3) is 6.08 Å². The van der Waals surface area contributed by atoms with Gasteiger partial charge < -0.3 is 12.4 Å². The summed E-state index contributed by atoms with van der Waals surface area (Å²) in [5.74, 6) is 0. The number of hydrogen-bond acceptors (Lipinski definition) is 0. The van der Waals surface area contributed by atoms with E-state index in [0.717, 1.165) is 0 Å². The molecule has 1 aliphatic rings. The van der Waals surface area contributed by atoms with Crippen molar-refractivity contribution in [3.05, 3.63) is 63.7 Å². The molecule has 0 saturated carbocycles. The molecule has 1 aliphatic heterocycles. The molecule has 0 fully saturated rings. The smallest absolute Gasteiger partial charge is 1.00 e. The molecular weight excluding hydrogens is 590 g/mol. The molecule has 0 aliphatic carbocycles. The molecule has 0 radical (unpaired) electrons. The van der Waals surface area contributed by atoms with Crippen LogP contribution in [-0.2, 0) is 10.8 Å². The summed E-state index contributed by atoms with van der Waals surface area (Å²) in [6.45, 7) is 28.2. The third kappa shape index (κ3) is 8.60. The van der Waals surface area contributed by atoms with Crippen molar-refractivity contribution in [3.8, 4) is 0 Å². The molecular formula is C29H43ClSeTe. The molecule has 0 unspecified atom stereocenters. The molecule has 0 aromatic carbocycles. The Labute approximate surface area is 221 Å². The van der Waals surface area contributed by atoms with Gasteiger partial charge in [-0.25, -0.2) is 0 Å². The van der Waals surface area contributed by atoms with Gasteiger partial charge in [-0.05, 0) is 0 Å². The SMILES string of the molecule is CC(C)(C)C1=CC(=C/C=C/c2cc(C(C)(C)C)[se+]c(C(C)(C)C)c2)C=C(C(C)(C)C)[Te]1.[Cl-]. The van der Waals surface area contributed by atoms with Crippen molar-refractivity contribution in [3.63, 3.8) is 0 Å². The number of halogens is 1. The predicted octanol–water partition coefficient (Wildman–Crippen LogP) is 5.14. The van der Waals surface area contributed by atoms with Gasteiger partial charge in [-0.15, -0.1) is 0 Å². The summed E-state index contributed by atoms with van der Waals surface area (Å²) >= 11 is 0.175. The van der Waals surface area contributed by atoms with Gasteiger partial charge in [-0.3, -0.25) is 0 Å². The zero-order valence-corrected chi connectivity index (χ0v) is 27.0. The molecule has 2 heterocycles. The first kappa shape index (κ1) is 29.9. The Hall–Kier alpha value is -0.0909. The zero-order valence-electron chi connectivity index (χ0n) is 22.2. The molecule has 3 heteroatoms. The summed E-state index contributed by atoms with van der Waals surface area (Å²) in [4.78, 5) is 0. The monoisotopic (exact) mass is 636 g/mol. The minimum Gasteiger partial charge on any atom is -1.00 e. The first-order valence-electron chi connectivity index (χ1n) is 11.4. The van der Waals surface area contributed by atoms with Gasteiger partial charge in [-0.2, -0.15) is 0 Å². The van der Waals surface area contributed by atoms with Crippen LogP contribution in [-0.4, -0.2) is 35.4 Å². The molecule has 0 N–H and O–H groups in total. The van der Waals surface area contributed by atoms with E-state index in [1.807, 2.05) is 0 Å². The van der Waals surface area contributed by atoms with Crippen molar-refractivity contribution in [2.75, 3.05) is 0 Å².